The van der Waals surface area contributed by atoms with E-state index in [0.717, 1.165) is 12.1 Å². The third kappa shape index (κ3) is 2.35. The maximum Gasteiger partial charge on any atom is 0.416 e. The number of aromatic nitrogens is 2. The van der Waals surface area contributed by atoms with Crippen LogP contribution in [-0.4, -0.2) is 9.97 Å². The average molecular weight is 239 g/mol. The Morgan fingerprint density at radius 1 is 0.941 bits per heavy atom. The van der Waals surface area contributed by atoms with Crippen LogP contribution in [0, 0.1) is 0 Å². The molecule has 0 amide bonds. The van der Waals surface area contributed by atoms with Crippen LogP contribution in [0.1, 0.15) is 5.56 Å². The lowest BCUT2D eigenvalue weighted by molar-refractivity contribution is -0.137. The van der Waals surface area contributed by atoms with Crippen molar-refractivity contribution in [2.24, 2.45) is 0 Å². The van der Waals surface area contributed by atoms with Crippen molar-refractivity contribution in [3.63, 3.8) is 0 Å². The standard InChI is InChI=1S/C11H8F3N3/c12-11(13,14)8-3-1-7(2-4-8)9-10(15)17-6-5-16-9/h1-6H,(H2,15,17). The fourth-order valence-corrected chi connectivity index (χ4v) is 1.39. The molecule has 17 heavy (non-hydrogen) atoms. The molecule has 2 aromatic rings. The van der Waals surface area contributed by atoms with Gasteiger partial charge in [0.2, 0.25) is 0 Å². The summed E-state index contributed by atoms with van der Waals surface area (Å²) in [4.78, 5) is 7.79. The Morgan fingerprint density at radius 3 is 2.06 bits per heavy atom. The Labute approximate surface area is 95.1 Å². The smallest absolute Gasteiger partial charge is 0.382 e. The summed E-state index contributed by atoms with van der Waals surface area (Å²) >= 11 is 0. The van der Waals surface area contributed by atoms with E-state index in [9.17, 15) is 13.2 Å². The number of hydrogen-bond donors (Lipinski definition) is 1. The molecular weight excluding hydrogens is 231 g/mol. The topological polar surface area (TPSA) is 51.8 Å². The maximum absolute atomic E-state index is 12.3. The van der Waals surface area contributed by atoms with Gasteiger partial charge in [-0.1, -0.05) is 12.1 Å². The Kier molecular flexibility index (Phi) is 2.71. The average Bonchev–Trinajstić information content (AvgIpc) is 2.29. The van der Waals surface area contributed by atoms with Gasteiger partial charge in [0.1, 0.15) is 11.5 Å². The Morgan fingerprint density at radius 2 is 1.53 bits per heavy atom. The van der Waals surface area contributed by atoms with Crippen LogP contribution < -0.4 is 5.73 Å². The van der Waals surface area contributed by atoms with E-state index in [0.29, 0.717) is 11.3 Å². The molecule has 0 aliphatic carbocycles. The van der Waals surface area contributed by atoms with Gasteiger partial charge >= 0.3 is 6.18 Å². The third-order valence-electron chi connectivity index (χ3n) is 2.21. The molecule has 0 fully saturated rings. The van der Waals surface area contributed by atoms with Crippen LogP contribution in [0.4, 0.5) is 19.0 Å². The molecule has 0 aliphatic heterocycles. The van der Waals surface area contributed by atoms with E-state index in [1.54, 1.807) is 0 Å². The van der Waals surface area contributed by atoms with Crippen molar-refractivity contribution >= 4 is 5.82 Å². The van der Waals surface area contributed by atoms with Gasteiger partial charge in [-0.2, -0.15) is 13.2 Å². The summed E-state index contributed by atoms with van der Waals surface area (Å²) in [5, 5.41) is 0. The molecule has 0 atom stereocenters. The van der Waals surface area contributed by atoms with E-state index < -0.39 is 11.7 Å². The molecule has 0 spiro atoms. The summed E-state index contributed by atoms with van der Waals surface area (Å²) in [6, 6.07) is 4.62. The molecular formula is C11H8F3N3. The van der Waals surface area contributed by atoms with Crippen molar-refractivity contribution in [2.75, 3.05) is 5.73 Å². The van der Waals surface area contributed by atoms with Crippen LogP contribution in [0.15, 0.2) is 36.7 Å². The predicted molar refractivity (Wildman–Crippen MR) is 56.9 cm³/mol. The summed E-state index contributed by atoms with van der Waals surface area (Å²) in [7, 11) is 0. The van der Waals surface area contributed by atoms with Crippen LogP contribution in [0.25, 0.3) is 11.3 Å². The molecule has 1 aromatic heterocycles. The van der Waals surface area contributed by atoms with Crippen LogP contribution in [0.5, 0.6) is 0 Å². The number of benzene rings is 1. The van der Waals surface area contributed by atoms with Crippen molar-refractivity contribution in [2.45, 2.75) is 6.18 Å². The van der Waals surface area contributed by atoms with Crippen molar-refractivity contribution < 1.29 is 13.2 Å². The van der Waals surface area contributed by atoms with Gasteiger partial charge in [-0.3, -0.25) is 4.98 Å². The van der Waals surface area contributed by atoms with Gasteiger partial charge in [0.15, 0.2) is 0 Å². The molecule has 1 aromatic carbocycles. The van der Waals surface area contributed by atoms with Gasteiger partial charge in [0.05, 0.1) is 5.56 Å². The minimum absolute atomic E-state index is 0.187. The maximum atomic E-state index is 12.3. The lowest BCUT2D eigenvalue weighted by Gasteiger charge is -2.07. The highest BCUT2D eigenvalue weighted by molar-refractivity contribution is 5.69. The fourth-order valence-electron chi connectivity index (χ4n) is 1.39. The number of hydrogen-bond acceptors (Lipinski definition) is 3. The largest absolute Gasteiger partial charge is 0.416 e. The molecule has 0 saturated carbocycles. The molecule has 1 heterocycles. The minimum atomic E-state index is -4.34. The Bertz CT molecular complexity index is 520. The number of nitrogens with two attached hydrogens (primary N) is 1. The van der Waals surface area contributed by atoms with Crippen LogP contribution in [-0.2, 0) is 6.18 Å². The zero-order valence-corrected chi connectivity index (χ0v) is 8.57. The molecule has 0 saturated heterocycles. The van der Waals surface area contributed by atoms with Gasteiger partial charge in [-0.25, -0.2) is 4.98 Å². The van der Waals surface area contributed by atoms with E-state index >= 15 is 0 Å². The molecule has 0 unspecified atom stereocenters. The number of nitrogens with zero attached hydrogens (tertiary/aromatic N) is 2. The van der Waals surface area contributed by atoms with Crippen LogP contribution >= 0.6 is 0 Å². The zero-order chi connectivity index (χ0) is 12.5. The highest BCUT2D eigenvalue weighted by Crippen LogP contribution is 2.31. The molecule has 0 aliphatic rings. The van der Waals surface area contributed by atoms with Crippen molar-refractivity contribution in [1.29, 1.82) is 0 Å². The van der Waals surface area contributed by atoms with Gasteiger partial charge in [0.25, 0.3) is 0 Å². The van der Waals surface area contributed by atoms with Gasteiger partial charge in [0, 0.05) is 18.0 Å². The second kappa shape index (κ2) is 4.04. The highest BCUT2D eigenvalue weighted by atomic mass is 19.4. The SMILES string of the molecule is Nc1nccnc1-c1ccc(C(F)(F)F)cc1. The minimum Gasteiger partial charge on any atom is -0.382 e. The zero-order valence-electron chi connectivity index (χ0n) is 8.57. The van der Waals surface area contributed by atoms with Crippen LogP contribution in [0.3, 0.4) is 0 Å². The monoisotopic (exact) mass is 239 g/mol. The van der Waals surface area contributed by atoms with Crippen molar-refractivity contribution in [3.05, 3.63) is 42.2 Å². The summed E-state index contributed by atoms with van der Waals surface area (Å²) in [6.45, 7) is 0. The molecule has 3 nitrogen and oxygen atoms in total. The van der Waals surface area contributed by atoms with Gasteiger partial charge in [-0.05, 0) is 12.1 Å². The highest BCUT2D eigenvalue weighted by Gasteiger charge is 2.30. The first-order valence-corrected chi connectivity index (χ1v) is 4.72. The first-order chi connectivity index (χ1) is 7.98. The lowest BCUT2D eigenvalue weighted by Crippen LogP contribution is -2.04. The number of anilines is 1. The quantitative estimate of drug-likeness (QED) is 0.832. The fraction of sp³-hybridized carbons (Fsp3) is 0.0909. The van der Waals surface area contributed by atoms with Crippen LogP contribution in [0.2, 0.25) is 0 Å². The first-order valence-electron chi connectivity index (χ1n) is 4.72. The number of halogens is 3. The summed E-state index contributed by atoms with van der Waals surface area (Å²) in [5.74, 6) is 0.187. The van der Waals surface area contributed by atoms with Gasteiger partial charge in [-0.15, -0.1) is 0 Å². The molecule has 6 heteroatoms. The summed E-state index contributed by atoms with van der Waals surface area (Å²) in [6.07, 6.45) is -1.49. The number of nitrogen functional groups attached to an aromatic ring is 1. The molecule has 0 bridgehead atoms. The predicted octanol–water partition coefficient (Wildman–Crippen LogP) is 2.74. The third-order valence-corrected chi connectivity index (χ3v) is 2.21. The number of alkyl halides is 3. The van der Waals surface area contributed by atoms with E-state index in [-0.39, 0.29) is 5.82 Å². The molecule has 2 rings (SSSR count). The Hall–Kier alpha value is -2.11. The summed E-state index contributed by atoms with van der Waals surface area (Å²) < 4.78 is 37.0. The number of rotatable bonds is 1. The summed E-state index contributed by atoms with van der Waals surface area (Å²) in [5.41, 5.74) is 5.76. The first kappa shape index (κ1) is 11.4. The normalized spacial score (nSPS) is 11.5. The second-order valence-corrected chi connectivity index (χ2v) is 3.37. The Balaban J connectivity index is 2.40. The second-order valence-electron chi connectivity index (χ2n) is 3.37. The van der Waals surface area contributed by atoms with Crippen molar-refractivity contribution in [1.82, 2.24) is 9.97 Å². The van der Waals surface area contributed by atoms with E-state index in [1.165, 1.54) is 24.5 Å². The molecule has 2 N–H and O–H groups in total. The van der Waals surface area contributed by atoms with E-state index in [1.807, 2.05) is 0 Å². The van der Waals surface area contributed by atoms with Crippen molar-refractivity contribution in [3.8, 4) is 11.3 Å². The van der Waals surface area contributed by atoms with Gasteiger partial charge < -0.3 is 5.73 Å². The van der Waals surface area contributed by atoms with E-state index in [2.05, 4.69) is 9.97 Å². The van der Waals surface area contributed by atoms with E-state index in [4.69, 9.17) is 5.73 Å². The molecule has 0 radical (unpaired) electrons. The lowest BCUT2D eigenvalue weighted by atomic mass is 10.1. The molecule has 88 valence electrons.